The van der Waals surface area contributed by atoms with E-state index in [0.717, 1.165) is 44.9 Å². The highest BCUT2D eigenvalue weighted by Gasteiger charge is 2.25. The van der Waals surface area contributed by atoms with Crippen LogP contribution in [0.3, 0.4) is 0 Å². The molecule has 0 saturated heterocycles. The van der Waals surface area contributed by atoms with Crippen molar-refractivity contribution in [2.24, 2.45) is 0 Å². The molecule has 0 aliphatic carbocycles. The quantitative estimate of drug-likeness (QED) is 0.452. The predicted octanol–water partition coefficient (Wildman–Crippen LogP) is 4.83. The fourth-order valence-corrected chi connectivity index (χ4v) is 4.20. The number of aromatic nitrogens is 1. The topological polar surface area (TPSA) is 101 Å². The highest BCUT2D eigenvalue weighted by atomic mass is 16.5. The lowest BCUT2D eigenvalue weighted by atomic mass is 9.99. The number of carboxylic acids is 1. The van der Waals surface area contributed by atoms with Gasteiger partial charge in [-0.1, -0.05) is 12.1 Å². The molecule has 0 bridgehead atoms. The van der Waals surface area contributed by atoms with Crippen LogP contribution >= 0.6 is 0 Å². The molecule has 33 heavy (non-hydrogen) atoms. The zero-order valence-corrected chi connectivity index (χ0v) is 19.0. The number of amides is 1. The van der Waals surface area contributed by atoms with Crippen LogP contribution in [0.2, 0.25) is 0 Å². The Morgan fingerprint density at radius 3 is 2.36 bits per heavy atom. The van der Waals surface area contributed by atoms with Crippen molar-refractivity contribution in [2.75, 3.05) is 19.5 Å². The van der Waals surface area contributed by atoms with Crippen molar-refractivity contribution in [1.29, 1.82) is 0 Å². The summed E-state index contributed by atoms with van der Waals surface area (Å²) in [5.74, 6) is 0.365. The number of H-pyrrole nitrogens is 1. The van der Waals surface area contributed by atoms with Gasteiger partial charge in [-0.05, 0) is 66.8 Å². The van der Waals surface area contributed by atoms with Crippen LogP contribution < -0.4 is 14.8 Å². The number of fused-ring (bicyclic) bond motifs is 1. The molecular weight excluding hydrogens is 420 g/mol. The Balaban J connectivity index is 1.70. The van der Waals surface area contributed by atoms with Gasteiger partial charge in [0.1, 0.15) is 11.5 Å². The summed E-state index contributed by atoms with van der Waals surface area (Å²) in [5.41, 5.74) is 7.63. The maximum atomic E-state index is 12.8. The Kier molecular flexibility index (Phi) is 5.96. The Morgan fingerprint density at radius 2 is 1.73 bits per heavy atom. The zero-order chi connectivity index (χ0) is 23.7. The molecule has 3 aromatic rings. The van der Waals surface area contributed by atoms with Crippen molar-refractivity contribution >= 4 is 29.2 Å². The highest BCUT2D eigenvalue weighted by Crippen LogP contribution is 2.38. The van der Waals surface area contributed by atoms with Crippen LogP contribution in [0.4, 0.5) is 5.69 Å². The number of hydrogen-bond acceptors (Lipinski definition) is 4. The van der Waals surface area contributed by atoms with E-state index >= 15 is 0 Å². The van der Waals surface area contributed by atoms with E-state index in [0.29, 0.717) is 23.5 Å². The standard InChI is InChI=1S/C26H26N2O5/c1-14-20(7-8-25(29)30)15(2)27-23(14)13-22-21-6-5-16(11-24(21)28-26(22)31)17-9-18(32-3)12-19(10-17)33-4/h5-6,9-13,27H,7-8H2,1-4H3,(H,28,31)(H,29,30). The summed E-state index contributed by atoms with van der Waals surface area (Å²) < 4.78 is 10.7. The van der Waals surface area contributed by atoms with Gasteiger partial charge in [0.25, 0.3) is 5.91 Å². The molecule has 170 valence electrons. The van der Waals surface area contributed by atoms with Crippen LogP contribution in [-0.4, -0.2) is 36.2 Å². The van der Waals surface area contributed by atoms with Crippen molar-refractivity contribution in [1.82, 2.24) is 4.98 Å². The number of nitrogens with one attached hydrogen (secondary N) is 2. The van der Waals surface area contributed by atoms with Gasteiger partial charge in [-0.25, -0.2) is 0 Å². The van der Waals surface area contributed by atoms with E-state index in [1.54, 1.807) is 14.2 Å². The van der Waals surface area contributed by atoms with E-state index < -0.39 is 5.97 Å². The monoisotopic (exact) mass is 446 g/mol. The molecule has 7 heteroatoms. The third kappa shape index (κ3) is 4.35. The summed E-state index contributed by atoms with van der Waals surface area (Å²) in [6, 6.07) is 11.5. The number of aliphatic carboxylic acids is 1. The molecule has 2 heterocycles. The van der Waals surface area contributed by atoms with Crippen LogP contribution in [0.1, 0.15) is 34.5 Å². The molecule has 1 aliphatic rings. The number of carbonyl (C=O) groups is 2. The van der Waals surface area contributed by atoms with Crippen molar-refractivity contribution in [3.8, 4) is 22.6 Å². The summed E-state index contributed by atoms with van der Waals surface area (Å²) in [5, 5.41) is 12.0. The minimum Gasteiger partial charge on any atom is -0.497 e. The van der Waals surface area contributed by atoms with Crippen LogP contribution in [-0.2, 0) is 16.0 Å². The second kappa shape index (κ2) is 8.86. The summed E-state index contributed by atoms with van der Waals surface area (Å²) in [7, 11) is 3.21. The first kappa shape index (κ1) is 22.2. The predicted molar refractivity (Wildman–Crippen MR) is 128 cm³/mol. The van der Waals surface area contributed by atoms with E-state index in [-0.39, 0.29) is 12.3 Å². The van der Waals surface area contributed by atoms with Crippen molar-refractivity contribution in [3.05, 3.63) is 64.5 Å². The molecular formula is C26H26N2O5. The molecule has 0 saturated carbocycles. The van der Waals surface area contributed by atoms with Gasteiger partial charge in [-0.2, -0.15) is 0 Å². The summed E-state index contributed by atoms with van der Waals surface area (Å²) >= 11 is 0. The fourth-order valence-electron chi connectivity index (χ4n) is 4.20. The first-order chi connectivity index (χ1) is 15.8. The van der Waals surface area contributed by atoms with E-state index in [4.69, 9.17) is 14.6 Å². The molecule has 1 amide bonds. The number of hydrogen-bond donors (Lipinski definition) is 3. The summed E-state index contributed by atoms with van der Waals surface area (Å²) in [6.45, 7) is 3.86. The number of aryl methyl sites for hydroxylation is 1. The number of ether oxygens (including phenoxy) is 2. The Labute approximate surface area is 192 Å². The number of carbonyl (C=O) groups excluding carboxylic acids is 1. The van der Waals surface area contributed by atoms with Crippen LogP contribution in [0, 0.1) is 13.8 Å². The van der Waals surface area contributed by atoms with E-state index in [1.807, 2.05) is 56.3 Å². The van der Waals surface area contributed by atoms with Crippen molar-refractivity contribution < 1.29 is 24.2 Å². The molecule has 0 unspecified atom stereocenters. The molecule has 7 nitrogen and oxygen atoms in total. The van der Waals surface area contributed by atoms with Gasteiger partial charge in [0.15, 0.2) is 0 Å². The average Bonchev–Trinajstić information content (AvgIpc) is 3.26. The lowest BCUT2D eigenvalue weighted by Crippen LogP contribution is -2.03. The van der Waals surface area contributed by atoms with Crippen molar-refractivity contribution in [2.45, 2.75) is 26.7 Å². The van der Waals surface area contributed by atoms with Gasteiger partial charge in [0.2, 0.25) is 0 Å². The van der Waals surface area contributed by atoms with Crippen LogP contribution in [0.5, 0.6) is 11.5 Å². The summed E-state index contributed by atoms with van der Waals surface area (Å²) in [6.07, 6.45) is 2.35. The van der Waals surface area contributed by atoms with Gasteiger partial charge in [-0.15, -0.1) is 0 Å². The van der Waals surface area contributed by atoms with Crippen molar-refractivity contribution in [3.63, 3.8) is 0 Å². The maximum Gasteiger partial charge on any atom is 0.303 e. The van der Waals surface area contributed by atoms with Gasteiger partial charge in [0.05, 0.1) is 19.8 Å². The first-order valence-electron chi connectivity index (χ1n) is 10.6. The number of methoxy groups -OCH3 is 2. The number of aromatic amines is 1. The SMILES string of the molecule is COc1cc(OC)cc(-c2ccc3c(c2)NC(=O)C3=Cc2[nH]c(C)c(CCC(=O)O)c2C)c1. The number of rotatable bonds is 7. The smallest absolute Gasteiger partial charge is 0.303 e. The molecule has 2 aromatic carbocycles. The minimum absolute atomic E-state index is 0.0662. The summed E-state index contributed by atoms with van der Waals surface area (Å²) in [4.78, 5) is 27.1. The van der Waals surface area contributed by atoms with E-state index in [1.165, 1.54) is 0 Å². The highest BCUT2D eigenvalue weighted by molar-refractivity contribution is 6.35. The fraction of sp³-hybridized carbons (Fsp3) is 0.231. The third-order valence-corrected chi connectivity index (χ3v) is 6.00. The van der Waals surface area contributed by atoms with Gasteiger partial charge in [-0.3, -0.25) is 9.59 Å². The lowest BCUT2D eigenvalue weighted by Gasteiger charge is -2.10. The van der Waals surface area contributed by atoms with Gasteiger partial charge < -0.3 is 24.9 Å². The molecule has 0 spiro atoms. The van der Waals surface area contributed by atoms with E-state index in [9.17, 15) is 9.59 Å². The second-order valence-electron chi connectivity index (χ2n) is 8.03. The molecule has 3 N–H and O–H groups in total. The molecule has 0 radical (unpaired) electrons. The zero-order valence-electron chi connectivity index (χ0n) is 19.0. The molecule has 1 aromatic heterocycles. The largest absolute Gasteiger partial charge is 0.497 e. The van der Waals surface area contributed by atoms with Gasteiger partial charge in [0, 0.05) is 35.1 Å². The van der Waals surface area contributed by atoms with E-state index in [2.05, 4.69) is 10.3 Å². The molecule has 0 atom stereocenters. The number of anilines is 1. The molecule has 1 aliphatic heterocycles. The molecule has 0 fully saturated rings. The third-order valence-electron chi connectivity index (χ3n) is 6.00. The Bertz CT molecular complexity index is 1260. The average molecular weight is 447 g/mol. The normalized spacial score (nSPS) is 13.7. The Hall–Kier alpha value is -4.00. The van der Waals surface area contributed by atoms with Crippen LogP contribution in [0.25, 0.3) is 22.8 Å². The van der Waals surface area contributed by atoms with Crippen LogP contribution in [0.15, 0.2) is 36.4 Å². The Morgan fingerprint density at radius 1 is 1.03 bits per heavy atom. The molecule has 4 rings (SSSR count). The maximum absolute atomic E-state index is 12.8. The number of carboxylic acid groups (broad SMARTS) is 1. The number of benzene rings is 2. The van der Waals surface area contributed by atoms with Gasteiger partial charge >= 0.3 is 5.97 Å². The second-order valence-corrected chi connectivity index (χ2v) is 8.03. The first-order valence-corrected chi connectivity index (χ1v) is 10.6. The minimum atomic E-state index is -0.830. The lowest BCUT2D eigenvalue weighted by molar-refractivity contribution is -0.137.